The molecule has 0 unspecified atom stereocenters. The topological polar surface area (TPSA) is 64.2 Å². The van der Waals surface area contributed by atoms with E-state index in [1.54, 1.807) is 0 Å². The van der Waals surface area contributed by atoms with Gasteiger partial charge in [-0.2, -0.15) is 0 Å². The van der Waals surface area contributed by atoms with Gasteiger partial charge in [0.2, 0.25) is 0 Å². The second-order valence-electron chi connectivity index (χ2n) is 5.75. The van der Waals surface area contributed by atoms with Crippen molar-refractivity contribution in [2.45, 2.75) is 12.8 Å². The molecule has 114 valence electrons. The summed E-state index contributed by atoms with van der Waals surface area (Å²) in [6.07, 6.45) is 4.01. The summed E-state index contributed by atoms with van der Waals surface area (Å²) in [6, 6.07) is 16.4. The molecule has 0 amide bonds. The molecule has 0 aliphatic heterocycles. The molecule has 0 spiro atoms. The average molecular weight is 303 g/mol. The molecule has 0 saturated heterocycles. The minimum atomic E-state index is -0.104. The van der Waals surface area contributed by atoms with E-state index in [0.29, 0.717) is 5.71 Å². The van der Waals surface area contributed by atoms with Crippen molar-refractivity contribution in [1.29, 1.82) is 0 Å². The number of nitrogens with zero attached hydrogens (tertiary/aromatic N) is 1. The van der Waals surface area contributed by atoms with Crippen molar-refractivity contribution in [3.05, 3.63) is 72.1 Å². The second-order valence-corrected chi connectivity index (χ2v) is 5.75. The SMILES string of the molecule is C/C(=N/O)C(c1c[nH]c2ccccc12)c1c[nH]c2ccccc12. The lowest BCUT2D eigenvalue weighted by atomic mass is 9.87. The predicted molar refractivity (Wildman–Crippen MR) is 93.3 cm³/mol. The molecule has 0 fully saturated rings. The summed E-state index contributed by atoms with van der Waals surface area (Å²) in [4.78, 5) is 6.62. The number of H-pyrrole nitrogens is 2. The molecular weight excluding hydrogens is 286 g/mol. The summed E-state index contributed by atoms with van der Waals surface area (Å²) < 4.78 is 0. The lowest BCUT2D eigenvalue weighted by molar-refractivity contribution is 0.317. The highest BCUT2D eigenvalue weighted by Crippen LogP contribution is 2.35. The molecule has 2 aromatic heterocycles. The normalized spacial score (nSPS) is 12.5. The number of aromatic amines is 2. The van der Waals surface area contributed by atoms with E-state index < -0.39 is 0 Å². The van der Waals surface area contributed by atoms with Crippen LogP contribution in [-0.4, -0.2) is 20.9 Å². The number of para-hydroxylation sites is 2. The number of rotatable bonds is 3. The van der Waals surface area contributed by atoms with Crippen molar-refractivity contribution in [1.82, 2.24) is 9.97 Å². The largest absolute Gasteiger partial charge is 0.411 e. The lowest BCUT2D eigenvalue weighted by Crippen LogP contribution is -2.10. The molecule has 0 bridgehead atoms. The number of hydrogen-bond acceptors (Lipinski definition) is 2. The Morgan fingerprint density at radius 2 is 1.35 bits per heavy atom. The fourth-order valence-electron chi connectivity index (χ4n) is 3.34. The van der Waals surface area contributed by atoms with Gasteiger partial charge in [0, 0.05) is 34.2 Å². The van der Waals surface area contributed by atoms with E-state index in [1.807, 2.05) is 43.6 Å². The van der Waals surface area contributed by atoms with Crippen LogP contribution < -0.4 is 0 Å². The Morgan fingerprint density at radius 1 is 0.870 bits per heavy atom. The zero-order chi connectivity index (χ0) is 15.8. The first-order chi connectivity index (χ1) is 11.3. The summed E-state index contributed by atoms with van der Waals surface area (Å²) in [5.41, 5.74) is 5.05. The van der Waals surface area contributed by atoms with Gasteiger partial charge >= 0.3 is 0 Å². The quantitative estimate of drug-likeness (QED) is 0.288. The first-order valence-corrected chi connectivity index (χ1v) is 7.60. The molecular formula is C19H17N3O. The van der Waals surface area contributed by atoms with E-state index in [4.69, 9.17) is 0 Å². The Bertz CT molecular complexity index is 935. The Morgan fingerprint density at radius 3 is 1.83 bits per heavy atom. The van der Waals surface area contributed by atoms with Crippen LogP contribution in [0.25, 0.3) is 21.8 Å². The van der Waals surface area contributed by atoms with Crippen molar-refractivity contribution in [3.8, 4) is 0 Å². The van der Waals surface area contributed by atoms with Crippen LogP contribution in [0.3, 0.4) is 0 Å². The average Bonchev–Trinajstić information content (AvgIpc) is 3.20. The van der Waals surface area contributed by atoms with Gasteiger partial charge in [-0.25, -0.2) is 0 Å². The van der Waals surface area contributed by atoms with Crippen LogP contribution in [0.5, 0.6) is 0 Å². The van der Waals surface area contributed by atoms with Crippen LogP contribution >= 0.6 is 0 Å². The van der Waals surface area contributed by atoms with Crippen molar-refractivity contribution < 1.29 is 5.21 Å². The molecule has 0 aliphatic rings. The number of nitrogens with one attached hydrogen (secondary N) is 2. The Kier molecular flexibility index (Phi) is 3.15. The smallest absolute Gasteiger partial charge is 0.0660 e. The van der Waals surface area contributed by atoms with E-state index in [9.17, 15) is 5.21 Å². The molecule has 4 rings (SSSR count). The first-order valence-electron chi connectivity index (χ1n) is 7.60. The maximum atomic E-state index is 9.41. The van der Waals surface area contributed by atoms with Gasteiger partial charge in [-0.05, 0) is 30.2 Å². The first kappa shape index (κ1) is 13.6. The summed E-state index contributed by atoms with van der Waals surface area (Å²) in [5.74, 6) is -0.104. The van der Waals surface area contributed by atoms with Crippen LogP contribution in [0.1, 0.15) is 24.0 Å². The van der Waals surface area contributed by atoms with Crippen molar-refractivity contribution in [2.75, 3.05) is 0 Å². The third kappa shape index (κ3) is 2.11. The Labute approximate surface area is 133 Å². The molecule has 0 aliphatic carbocycles. The minimum absolute atomic E-state index is 0.104. The monoisotopic (exact) mass is 303 g/mol. The molecule has 0 radical (unpaired) electrons. The van der Waals surface area contributed by atoms with Crippen LogP contribution in [0.2, 0.25) is 0 Å². The number of aromatic nitrogens is 2. The standard InChI is InChI=1S/C19H17N3O/c1-12(22-23)19(15-10-20-17-8-4-2-6-13(15)17)16-11-21-18-9-5-3-7-14(16)18/h2-11,19-21,23H,1H3/b22-12-. The highest BCUT2D eigenvalue weighted by Gasteiger charge is 2.24. The number of benzene rings is 2. The van der Waals surface area contributed by atoms with Gasteiger partial charge in [-0.15, -0.1) is 0 Å². The van der Waals surface area contributed by atoms with E-state index in [-0.39, 0.29) is 5.92 Å². The molecule has 23 heavy (non-hydrogen) atoms. The molecule has 2 aromatic carbocycles. The molecule has 4 heteroatoms. The molecule has 0 atom stereocenters. The predicted octanol–water partition coefficient (Wildman–Crippen LogP) is 4.63. The number of fused-ring (bicyclic) bond motifs is 2. The van der Waals surface area contributed by atoms with Gasteiger partial charge in [0.25, 0.3) is 0 Å². The zero-order valence-corrected chi connectivity index (χ0v) is 12.7. The summed E-state index contributed by atoms with van der Waals surface area (Å²) in [6.45, 7) is 1.86. The Hall–Kier alpha value is -3.01. The fourth-order valence-corrected chi connectivity index (χ4v) is 3.34. The van der Waals surface area contributed by atoms with E-state index in [0.717, 1.165) is 32.9 Å². The highest BCUT2D eigenvalue weighted by atomic mass is 16.4. The maximum absolute atomic E-state index is 9.41. The molecule has 2 heterocycles. The third-order valence-corrected chi connectivity index (χ3v) is 4.44. The molecule has 0 saturated carbocycles. The van der Waals surface area contributed by atoms with Crippen molar-refractivity contribution in [2.24, 2.45) is 5.16 Å². The summed E-state index contributed by atoms with van der Waals surface area (Å²) >= 11 is 0. The molecule has 4 aromatic rings. The van der Waals surface area contributed by atoms with Crippen LogP contribution in [0, 0.1) is 0 Å². The number of oxime groups is 1. The van der Waals surface area contributed by atoms with E-state index >= 15 is 0 Å². The van der Waals surface area contributed by atoms with Gasteiger partial charge in [0.1, 0.15) is 0 Å². The van der Waals surface area contributed by atoms with Crippen LogP contribution in [0.15, 0.2) is 66.1 Å². The fraction of sp³-hybridized carbons (Fsp3) is 0.105. The molecule has 4 nitrogen and oxygen atoms in total. The van der Waals surface area contributed by atoms with Gasteiger partial charge in [-0.1, -0.05) is 41.6 Å². The third-order valence-electron chi connectivity index (χ3n) is 4.44. The van der Waals surface area contributed by atoms with E-state index in [1.165, 1.54) is 0 Å². The van der Waals surface area contributed by atoms with Crippen LogP contribution in [0.4, 0.5) is 0 Å². The maximum Gasteiger partial charge on any atom is 0.0660 e. The summed E-state index contributed by atoms with van der Waals surface area (Å²) in [7, 11) is 0. The van der Waals surface area contributed by atoms with Gasteiger partial charge in [-0.3, -0.25) is 0 Å². The van der Waals surface area contributed by atoms with Gasteiger partial charge < -0.3 is 15.2 Å². The second kappa shape index (κ2) is 5.32. The lowest BCUT2D eigenvalue weighted by Gasteiger charge is -2.15. The van der Waals surface area contributed by atoms with Crippen molar-refractivity contribution in [3.63, 3.8) is 0 Å². The van der Waals surface area contributed by atoms with Crippen molar-refractivity contribution >= 4 is 27.5 Å². The van der Waals surface area contributed by atoms with Crippen LogP contribution in [-0.2, 0) is 0 Å². The Balaban J connectivity index is 1.99. The number of hydrogen-bond donors (Lipinski definition) is 3. The highest BCUT2D eigenvalue weighted by molar-refractivity contribution is 6.00. The minimum Gasteiger partial charge on any atom is -0.411 e. The zero-order valence-electron chi connectivity index (χ0n) is 12.7. The molecule has 3 N–H and O–H groups in total. The van der Waals surface area contributed by atoms with Gasteiger partial charge in [0.15, 0.2) is 0 Å². The summed E-state index contributed by atoms with van der Waals surface area (Å²) in [5, 5.41) is 15.2. The van der Waals surface area contributed by atoms with Gasteiger partial charge in [0.05, 0.1) is 11.6 Å². The van der Waals surface area contributed by atoms with E-state index in [2.05, 4.69) is 39.4 Å².